The maximum atomic E-state index is 11.7. The smallest absolute Gasteiger partial charge is 0.224 e. The predicted octanol–water partition coefficient (Wildman–Crippen LogP) is -0.0902. The Hall–Kier alpha value is -0.610. The first-order chi connectivity index (χ1) is 7.11. The lowest BCUT2D eigenvalue weighted by Crippen LogP contribution is -2.35. The second-order valence-electron chi connectivity index (χ2n) is 4.69. The van der Waals surface area contributed by atoms with E-state index in [4.69, 9.17) is 0 Å². The minimum Gasteiger partial charge on any atom is -0.356 e. The van der Waals surface area contributed by atoms with Crippen LogP contribution in [0.3, 0.4) is 0 Å². The van der Waals surface area contributed by atoms with Gasteiger partial charge in [0.1, 0.15) is 0 Å². The van der Waals surface area contributed by atoms with Crippen LogP contribution in [0.4, 0.5) is 0 Å². The third kappa shape index (κ3) is 4.18. The Labute approximate surface area is 92.4 Å². The number of nitrogens with zero attached hydrogens (tertiary/aromatic N) is 1. The molecule has 1 heterocycles. The quantitative estimate of drug-likeness (QED) is 0.627. The van der Waals surface area contributed by atoms with Gasteiger partial charge < -0.3 is 15.5 Å². The van der Waals surface area contributed by atoms with Gasteiger partial charge in [0.25, 0.3) is 0 Å². The molecule has 1 aliphatic heterocycles. The van der Waals surface area contributed by atoms with Crippen LogP contribution in [-0.2, 0) is 4.79 Å². The van der Waals surface area contributed by atoms with E-state index in [0.717, 1.165) is 32.6 Å². The number of amides is 1. The van der Waals surface area contributed by atoms with E-state index in [9.17, 15) is 4.79 Å². The summed E-state index contributed by atoms with van der Waals surface area (Å²) < 4.78 is 0. The normalized spacial score (nSPS) is 25.9. The molecule has 0 saturated carbocycles. The monoisotopic (exact) mass is 213 g/mol. The van der Waals surface area contributed by atoms with Gasteiger partial charge in [0.05, 0.1) is 5.92 Å². The van der Waals surface area contributed by atoms with Crippen LogP contribution in [-0.4, -0.2) is 51.1 Å². The van der Waals surface area contributed by atoms with Gasteiger partial charge in [-0.25, -0.2) is 0 Å². The van der Waals surface area contributed by atoms with Crippen molar-refractivity contribution < 1.29 is 4.79 Å². The SMILES string of the molecule is C[C@@H]1CNC[C@H]1C(=O)NCCCN(C)C. The lowest BCUT2D eigenvalue weighted by molar-refractivity contribution is -0.125. The molecule has 0 aromatic heterocycles. The van der Waals surface area contributed by atoms with E-state index < -0.39 is 0 Å². The van der Waals surface area contributed by atoms with Crippen molar-refractivity contribution >= 4 is 5.91 Å². The van der Waals surface area contributed by atoms with Crippen LogP contribution < -0.4 is 10.6 Å². The van der Waals surface area contributed by atoms with Crippen molar-refractivity contribution in [1.29, 1.82) is 0 Å². The van der Waals surface area contributed by atoms with Gasteiger partial charge in [0.15, 0.2) is 0 Å². The Morgan fingerprint density at radius 1 is 1.47 bits per heavy atom. The molecule has 15 heavy (non-hydrogen) atoms. The fourth-order valence-electron chi connectivity index (χ4n) is 1.90. The number of nitrogens with one attached hydrogen (secondary N) is 2. The van der Waals surface area contributed by atoms with E-state index in [1.807, 2.05) is 14.1 Å². The minimum absolute atomic E-state index is 0.171. The highest BCUT2D eigenvalue weighted by Gasteiger charge is 2.28. The molecule has 0 bridgehead atoms. The van der Waals surface area contributed by atoms with Crippen LogP contribution in [0.5, 0.6) is 0 Å². The molecule has 1 rings (SSSR count). The molecule has 1 aliphatic rings. The summed E-state index contributed by atoms with van der Waals surface area (Å²) in [6, 6.07) is 0. The van der Waals surface area contributed by atoms with Gasteiger partial charge in [-0.15, -0.1) is 0 Å². The molecule has 4 heteroatoms. The zero-order valence-corrected chi connectivity index (χ0v) is 10.0. The van der Waals surface area contributed by atoms with Crippen molar-refractivity contribution in [1.82, 2.24) is 15.5 Å². The summed E-state index contributed by atoms with van der Waals surface area (Å²) in [4.78, 5) is 13.9. The average molecular weight is 213 g/mol. The molecule has 0 aromatic rings. The van der Waals surface area contributed by atoms with Gasteiger partial charge in [-0.2, -0.15) is 0 Å². The molecule has 0 radical (unpaired) electrons. The maximum absolute atomic E-state index is 11.7. The van der Waals surface area contributed by atoms with Crippen molar-refractivity contribution in [2.45, 2.75) is 13.3 Å². The Balaban J connectivity index is 2.13. The predicted molar refractivity (Wildman–Crippen MR) is 61.7 cm³/mol. The van der Waals surface area contributed by atoms with Crippen LogP contribution in [0.1, 0.15) is 13.3 Å². The molecule has 1 saturated heterocycles. The van der Waals surface area contributed by atoms with Gasteiger partial charge in [0.2, 0.25) is 5.91 Å². The second-order valence-corrected chi connectivity index (χ2v) is 4.69. The summed E-state index contributed by atoms with van der Waals surface area (Å²) in [6.45, 7) is 5.75. The summed E-state index contributed by atoms with van der Waals surface area (Å²) in [5.74, 6) is 0.856. The van der Waals surface area contributed by atoms with E-state index in [1.165, 1.54) is 0 Å². The Morgan fingerprint density at radius 3 is 2.73 bits per heavy atom. The molecule has 4 nitrogen and oxygen atoms in total. The number of rotatable bonds is 5. The summed E-state index contributed by atoms with van der Waals surface area (Å²) >= 11 is 0. The Kier molecular flexibility index (Phi) is 5.05. The highest BCUT2D eigenvalue weighted by molar-refractivity contribution is 5.79. The molecule has 1 amide bonds. The first-order valence-electron chi connectivity index (χ1n) is 5.74. The van der Waals surface area contributed by atoms with E-state index in [1.54, 1.807) is 0 Å². The highest BCUT2D eigenvalue weighted by Crippen LogP contribution is 2.15. The highest BCUT2D eigenvalue weighted by atomic mass is 16.1. The minimum atomic E-state index is 0.171. The van der Waals surface area contributed by atoms with E-state index in [2.05, 4.69) is 22.5 Å². The Morgan fingerprint density at radius 2 is 2.20 bits per heavy atom. The van der Waals surface area contributed by atoms with E-state index in [-0.39, 0.29) is 11.8 Å². The summed E-state index contributed by atoms with van der Waals surface area (Å²) in [7, 11) is 4.09. The van der Waals surface area contributed by atoms with Crippen molar-refractivity contribution in [3.8, 4) is 0 Å². The molecular formula is C11H23N3O. The zero-order valence-electron chi connectivity index (χ0n) is 10.0. The lowest BCUT2D eigenvalue weighted by atomic mass is 9.97. The molecule has 1 fully saturated rings. The van der Waals surface area contributed by atoms with Gasteiger partial charge in [-0.05, 0) is 39.5 Å². The van der Waals surface area contributed by atoms with Gasteiger partial charge >= 0.3 is 0 Å². The number of carbonyl (C=O) groups is 1. The molecule has 0 unspecified atom stereocenters. The summed E-state index contributed by atoms with van der Waals surface area (Å²) in [5.41, 5.74) is 0. The Bertz CT molecular complexity index is 206. The standard InChI is InChI=1S/C11H23N3O/c1-9-7-12-8-10(9)11(15)13-5-4-6-14(2)3/h9-10,12H,4-8H2,1-3H3,(H,13,15)/t9-,10-/m1/s1. The summed E-state index contributed by atoms with van der Waals surface area (Å²) in [5, 5.41) is 6.25. The molecular weight excluding hydrogens is 190 g/mol. The van der Waals surface area contributed by atoms with Gasteiger partial charge in [-0.3, -0.25) is 4.79 Å². The van der Waals surface area contributed by atoms with E-state index >= 15 is 0 Å². The van der Waals surface area contributed by atoms with E-state index in [0.29, 0.717) is 5.92 Å². The first-order valence-corrected chi connectivity index (χ1v) is 5.74. The van der Waals surface area contributed by atoms with Crippen molar-refractivity contribution in [3.63, 3.8) is 0 Å². The largest absolute Gasteiger partial charge is 0.356 e. The van der Waals surface area contributed by atoms with Crippen molar-refractivity contribution in [2.24, 2.45) is 11.8 Å². The lowest BCUT2D eigenvalue weighted by Gasteiger charge is -2.15. The topological polar surface area (TPSA) is 44.4 Å². The number of hydrogen-bond donors (Lipinski definition) is 2. The fourth-order valence-corrected chi connectivity index (χ4v) is 1.90. The number of hydrogen-bond acceptors (Lipinski definition) is 3. The first kappa shape index (κ1) is 12.5. The van der Waals surface area contributed by atoms with Crippen LogP contribution in [0.25, 0.3) is 0 Å². The fraction of sp³-hybridized carbons (Fsp3) is 0.909. The van der Waals surface area contributed by atoms with Gasteiger partial charge in [0, 0.05) is 13.1 Å². The second kappa shape index (κ2) is 6.08. The third-order valence-electron chi connectivity index (χ3n) is 2.94. The van der Waals surface area contributed by atoms with Crippen molar-refractivity contribution in [3.05, 3.63) is 0 Å². The zero-order chi connectivity index (χ0) is 11.3. The van der Waals surface area contributed by atoms with Crippen LogP contribution in [0, 0.1) is 11.8 Å². The third-order valence-corrected chi connectivity index (χ3v) is 2.94. The summed E-state index contributed by atoms with van der Waals surface area (Å²) in [6.07, 6.45) is 1.02. The molecule has 0 aromatic carbocycles. The molecule has 2 N–H and O–H groups in total. The molecule has 0 aliphatic carbocycles. The van der Waals surface area contributed by atoms with Crippen LogP contribution in [0.2, 0.25) is 0 Å². The maximum Gasteiger partial charge on any atom is 0.224 e. The van der Waals surface area contributed by atoms with Crippen molar-refractivity contribution in [2.75, 3.05) is 40.3 Å². The van der Waals surface area contributed by atoms with Gasteiger partial charge in [-0.1, -0.05) is 6.92 Å². The molecule has 2 atom stereocenters. The molecule has 0 spiro atoms. The molecule has 88 valence electrons. The number of carbonyl (C=O) groups excluding carboxylic acids is 1. The average Bonchev–Trinajstić information content (AvgIpc) is 2.58. The van der Waals surface area contributed by atoms with Crippen LogP contribution >= 0.6 is 0 Å². The van der Waals surface area contributed by atoms with Crippen LogP contribution in [0.15, 0.2) is 0 Å².